The van der Waals surface area contributed by atoms with Crippen LogP contribution >= 0.6 is 11.6 Å². The van der Waals surface area contributed by atoms with Crippen molar-refractivity contribution in [2.75, 3.05) is 0 Å². The van der Waals surface area contributed by atoms with Crippen molar-refractivity contribution in [3.05, 3.63) is 28.5 Å². The lowest BCUT2D eigenvalue weighted by Gasteiger charge is -2.30. The van der Waals surface area contributed by atoms with Gasteiger partial charge in [-0.3, -0.25) is 0 Å². The van der Waals surface area contributed by atoms with Crippen molar-refractivity contribution in [3.8, 4) is 0 Å². The molecule has 0 aromatic carbocycles. The van der Waals surface area contributed by atoms with E-state index in [1.54, 1.807) is 12.1 Å². The van der Waals surface area contributed by atoms with Crippen molar-refractivity contribution >= 4 is 17.6 Å². The molecule has 0 saturated heterocycles. The minimum absolute atomic E-state index is 0.319. The Morgan fingerprint density at radius 2 is 2.21 bits per heavy atom. The van der Waals surface area contributed by atoms with Crippen LogP contribution in [0.2, 0.25) is 5.15 Å². The second-order valence-electron chi connectivity index (χ2n) is 3.95. The van der Waals surface area contributed by atoms with Gasteiger partial charge in [-0.25, -0.2) is 9.78 Å². The molecule has 2 heterocycles. The Labute approximate surface area is 87.0 Å². The molecular weight excluding hydrogens is 202 g/mol. The van der Waals surface area contributed by atoms with Crippen LogP contribution in [0.1, 0.15) is 29.9 Å². The van der Waals surface area contributed by atoms with Crippen LogP contribution in [0.15, 0.2) is 12.1 Å². The smallest absolute Gasteiger partial charge is 0.340 e. The number of rotatable bonds is 0. The number of pyridine rings is 1. The molecule has 1 aromatic heterocycles. The van der Waals surface area contributed by atoms with Crippen LogP contribution in [0.4, 0.5) is 0 Å². The minimum Gasteiger partial charge on any atom is -0.456 e. The van der Waals surface area contributed by atoms with E-state index in [2.05, 4.69) is 4.98 Å². The van der Waals surface area contributed by atoms with E-state index in [1.807, 2.05) is 13.8 Å². The molecule has 4 heteroatoms. The van der Waals surface area contributed by atoms with Gasteiger partial charge in [0, 0.05) is 6.42 Å². The summed E-state index contributed by atoms with van der Waals surface area (Å²) in [5.41, 5.74) is 0.759. The van der Waals surface area contributed by atoms with Gasteiger partial charge >= 0.3 is 5.97 Å². The van der Waals surface area contributed by atoms with Gasteiger partial charge in [-0.05, 0) is 26.0 Å². The minimum atomic E-state index is -0.484. The summed E-state index contributed by atoms with van der Waals surface area (Å²) in [5, 5.41) is 0.411. The monoisotopic (exact) mass is 211 g/mol. The molecule has 0 atom stereocenters. The largest absolute Gasteiger partial charge is 0.456 e. The normalized spacial score (nSPS) is 18.6. The molecule has 14 heavy (non-hydrogen) atoms. The summed E-state index contributed by atoms with van der Waals surface area (Å²) in [4.78, 5) is 15.6. The number of nitrogens with zero attached hydrogens (tertiary/aromatic N) is 1. The molecular formula is C10H10ClNO2. The van der Waals surface area contributed by atoms with E-state index >= 15 is 0 Å². The standard InChI is InChI=1S/C10H10ClNO2/c1-10(2)5-7-6(9(13)14-10)3-4-8(11)12-7/h3-4H,5H2,1-2H3. The molecule has 1 aliphatic rings. The Hall–Kier alpha value is -1.09. The second kappa shape index (κ2) is 2.95. The molecule has 0 unspecified atom stereocenters. The molecule has 2 rings (SSSR count). The molecule has 1 aliphatic heterocycles. The molecule has 0 aliphatic carbocycles. The topological polar surface area (TPSA) is 39.2 Å². The van der Waals surface area contributed by atoms with Crippen molar-refractivity contribution in [2.45, 2.75) is 25.9 Å². The summed E-state index contributed by atoms with van der Waals surface area (Å²) in [7, 11) is 0. The van der Waals surface area contributed by atoms with Crippen LogP contribution in [0, 0.1) is 0 Å². The maximum Gasteiger partial charge on any atom is 0.340 e. The zero-order valence-electron chi connectivity index (χ0n) is 8.00. The average Bonchev–Trinajstić information content (AvgIpc) is 2.00. The maximum atomic E-state index is 11.5. The van der Waals surface area contributed by atoms with Crippen molar-refractivity contribution in [3.63, 3.8) is 0 Å². The fraction of sp³-hybridized carbons (Fsp3) is 0.400. The number of carbonyl (C=O) groups excluding carboxylic acids is 1. The van der Waals surface area contributed by atoms with Crippen molar-refractivity contribution in [1.82, 2.24) is 4.98 Å². The predicted octanol–water partition coefficient (Wildman–Crippen LogP) is 2.23. The highest BCUT2D eigenvalue weighted by Crippen LogP contribution is 2.27. The van der Waals surface area contributed by atoms with E-state index in [0.717, 1.165) is 5.69 Å². The van der Waals surface area contributed by atoms with Crippen molar-refractivity contribution in [1.29, 1.82) is 0 Å². The number of carbonyl (C=O) groups is 1. The summed E-state index contributed by atoms with van der Waals surface area (Å²) < 4.78 is 5.22. The Morgan fingerprint density at radius 1 is 1.50 bits per heavy atom. The molecule has 0 N–H and O–H groups in total. The van der Waals surface area contributed by atoms with Gasteiger partial charge in [0.05, 0.1) is 11.3 Å². The fourth-order valence-electron chi connectivity index (χ4n) is 1.54. The Bertz CT molecular complexity index is 401. The van der Waals surface area contributed by atoms with E-state index in [9.17, 15) is 4.79 Å². The zero-order chi connectivity index (χ0) is 10.3. The first-order valence-corrected chi connectivity index (χ1v) is 4.74. The molecule has 0 radical (unpaired) electrons. The fourth-order valence-corrected chi connectivity index (χ4v) is 1.71. The molecule has 0 fully saturated rings. The number of hydrogen-bond acceptors (Lipinski definition) is 3. The highest BCUT2D eigenvalue weighted by Gasteiger charge is 2.33. The van der Waals surface area contributed by atoms with Crippen LogP contribution < -0.4 is 0 Å². The highest BCUT2D eigenvalue weighted by atomic mass is 35.5. The highest BCUT2D eigenvalue weighted by molar-refractivity contribution is 6.29. The molecule has 0 spiro atoms. The number of halogens is 1. The second-order valence-corrected chi connectivity index (χ2v) is 4.34. The third-order valence-corrected chi connectivity index (χ3v) is 2.33. The number of hydrogen-bond donors (Lipinski definition) is 0. The van der Waals surface area contributed by atoms with Gasteiger partial charge in [0.15, 0.2) is 0 Å². The molecule has 1 aromatic rings. The third-order valence-electron chi connectivity index (χ3n) is 2.12. The summed E-state index contributed by atoms with van der Waals surface area (Å²) in [6, 6.07) is 3.25. The van der Waals surface area contributed by atoms with E-state index in [4.69, 9.17) is 16.3 Å². The average molecular weight is 212 g/mol. The molecule has 74 valence electrons. The van der Waals surface area contributed by atoms with Crippen molar-refractivity contribution in [2.24, 2.45) is 0 Å². The van der Waals surface area contributed by atoms with Gasteiger partial charge in [0.25, 0.3) is 0 Å². The van der Waals surface area contributed by atoms with Crippen molar-refractivity contribution < 1.29 is 9.53 Å². The van der Waals surface area contributed by atoms with Gasteiger partial charge in [0.2, 0.25) is 0 Å². The lowest BCUT2D eigenvalue weighted by Crippen LogP contribution is -2.36. The molecule has 0 amide bonds. The molecule has 0 bridgehead atoms. The summed E-state index contributed by atoms with van der Waals surface area (Å²) in [6.07, 6.45) is 0.606. The number of esters is 1. The Kier molecular flexibility index (Phi) is 2.00. The van der Waals surface area contributed by atoms with E-state index in [0.29, 0.717) is 17.1 Å². The van der Waals surface area contributed by atoms with Gasteiger partial charge in [-0.2, -0.15) is 0 Å². The summed E-state index contributed by atoms with van der Waals surface area (Å²) >= 11 is 5.75. The number of fused-ring (bicyclic) bond motifs is 1. The first-order chi connectivity index (χ1) is 6.48. The van der Waals surface area contributed by atoms with Gasteiger partial charge in [-0.1, -0.05) is 11.6 Å². The van der Waals surface area contributed by atoms with Crippen LogP contribution in [0.5, 0.6) is 0 Å². The molecule has 0 saturated carbocycles. The molecule has 3 nitrogen and oxygen atoms in total. The number of ether oxygens (including phenoxy) is 1. The first kappa shape index (κ1) is 9.46. The van der Waals surface area contributed by atoms with Gasteiger partial charge in [0.1, 0.15) is 10.8 Å². The first-order valence-electron chi connectivity index (χ1n) is 4.37. The SMILES string of the molecule is CC1(C)Cc2nc(Cl)ccc2C(=O)O1. The lowest BCUT2D eigenvalue weighted by atomic mass is 9.96. The van der Waals surface area contributed by atoms with Crippen LogP contribution in [-0.2, 0) is 11.2 Å². The Balaban J connectivity index is 2.51. The van der Waals surface area contributed by atoms with Gasteiger partial charge < -0.3 is 4.74 Å². The number of aromatic nitrogens is 1. The summed E-state index contributed by atoms with van der Waals surface area (Å²) in [6.45, 7) is 3.72. The number of cyclic esters (lactones) is 1. The van der Waals surface area contributed by atoms with E-state index < -0.39 is 5.60 Å². The zero-order valence-corrected chi connectivity index (χ0v) is 8.76. The van der Waals surface area contributed by atoms with Crippen LogP contribution in [0.25, 0.3) is 0 Å². The maximum absolute atomic E-state index is 11.5. The predicted molar refractivity (Wildman–Crippen MR) is 52.4 cm³/mol. The van der Waals surface area contributed by atoms with E-state index in [-0.39, 0.29) is 5.97 Å². The van der Waals surface area contributed by atoms with Gasteiger partial charge in [-0.15, -0.1) is 0 Å². The van der Waals surface area contributed by atoms with Crippen LogP contribution in [0.3, 0.4) is 0 Å². The summed E-state index contributed by atoms with van der Waals surface area (Å²) in [5.74, 6) is -0.319. The lowest BCUT2D eigenvalue weighted by molar-refractivity contribution is -0.00716. The Morgan fingerprint density at radius 3 is 2.93 bits per heavy atom. The quantitative estimate of drug-likeness (QED) is 0.488. The third kappa shape index (κ3) is 1.60. The van der Waals surface area contributed by atoms with E-state index in [1.165, 1.54) is 0 Å². The van der Waals surface area contributed by atoms with Crippen LogP contribution in [-0.4, -0.2) is 16.6 Å².